The van der Waals surface area contributed by atoms with Gasteiger partial charge in [0.25, 0.3) is 0 Å². The summed E-state index contributed by atoms with van der Waals surface area (Å²) in [6.07, 6.45) is 9.05. The fraction of sp³-hybridized carbons (Fsp3) is 0.667. The zero-order valence-electron chi connectivity index (χ0n) is 11.4. The van der Waals surface area contributed by atoms with E-state index in [1.165, 1.54) is 50.9 Å². The van der Waals surface area contributed by atoms with Crippen molar-refractivity contribution in [2.24, 2.45) is 0 Å². The molecule has 0 amide bonds. The molecule has 3 heteroatoms. The molecule has 18 heavy (non-hydrogen) atoms. The van der Waals surface area contributed by atoms with Gasteiger partial charge >= 0.3 is 0 Å². The van der Waals surface area contributed by atoms with E-state index in [0.717, 1.165) is 6.54 Å². The molecule has 1 aliphatic rings. The van der Waals surface area contributed by atoms with Crippen LogP contribution in [0.2, 0.25) is 0 Å². The van der Waals surface area contributed by atoms with Crippen molar-refractivity contribution < 1.29 is 0 Å². The Kier molecular flexibility index (Phi) is 5.62. The third-order valence-electron chi connectivity index (χ3n) is 3.59. The maximum absolute atomic E-state index is 4.08. The molecular formula is C15H25N3. The normalized spacial score (nSPS) is 20.2. The van der Waals surface area contributed by atoms with Crippen LogP contribution in [0, 0.1) is 0 Å². The average Bonchev–Trinajstić information content (AvgIpc) is 2.41. The first-order valence-corrected chi connectivity index (χ1v) is 7.23. The molecule has 1 aromatic heterocycles. The van der Waals surface area contributed by atoms with Gasteiger partial charge in [-0.05, 0) is 50.0 Å². The van der Waals surface area contributed by atoms with E-state index in [4.69, 9.17) is 0 Å². The van der Waals surface area contributed by atoms with E-state index in [-0.39, 0.29) is 0 Å². The van der Waals surface area contributed by atoms with Crippen LogP contribution in [0.4, 0.5) is 0 Å². The van der Waals surface area contributed by atoms with Crippen molar-refractivity contribution in [3.63, 3.8) is 0 Å². The van der Waals surface area contributed by atoms with Gasteiger partial charge in [-0.2, -0.15) is 0 Å². The van der Waals surface area contributed by atoms with Gasteiger partial charge in [0.15, 0.2) is 0 Å². The van der Waals surface area contributed by atoms with Crippen LogP contribution >= 0.6 is 0 Å². The Morgan fingerprint density at radius 2 is 2.17 bits per heavy atom. The molecule has 1 unspecified atom stereocenters. The van der Waals surface area contributed by atoms with E-state index in [1.54, 1.807) is 0 Å². The zero-order valence-corrected chi connectivity index (χ0v) is 11.4. The molecular weight excluding hydrogens is 222 g/mol. The minimum Gasteiger partial charge on any atom is -0.313 e. The third-order valence-corrected chi connectivity index (χ3v) is 3.59. The minimum absolute atomic E-state index is 0.687. The summed E-state index contributed by atoms with van der Waals surface area (Å²) in [6, 6.07) is 4.93. The summed E-state index contributed by atoms with van der Waals surface area (Å²) in [5, 5.41) is 3.64. The first kappa shape index (κ1) is 13.5. The van der Waals surface area contributed by atoms with Crippen molar-refractivity contribution in [2.45, 2.75) is 45.2 Å². The summed E-state index contributed by atoms with van der Waals surface area (Å²) < 4.78 is 0. The summed E-state index contributed by atoms with van der Waals surface area (Å²) in [6.45, 7) is 6.86. The number of pyridine rings is 1. The number of hydrogen-bond acceptors (Lipinski definition) is 3. The molecule has 0 saturated carbocycles. The van der Waals surface area contributed by atoms with Crippen LogP contribution in [0.5, 0.6) is 0 Å². The van der Waals surface area contributed by atoms with Crippen LogP contribution in [-0.4, -0.2) is 35.6 Å². The molecule has 0 radical (unpaired) electrons. The molecule has 0 spiro atoms. The summed E-state index contributed by atoms with van der Waals surface area (Å²) in [7, 11) is 0. The van der Waals surface area contributed by atoms with Crippen molar-refractivity contribution in [3.05, 3.63) is 30.1 Å². The number of aromatic nitrogens is 1. The predicted molar refractivity (Wildman–Crippen MR) is 75.4 cm³/mol. The third kappa shape index (κ3) is 4.39. The molecule has 1 fully saturated rings. The lowest BCUT2D eigenvalue weighted by atomic mass is 10.0. The number of nitrogens with zero attached hydrogens (tertiary/aromatic N) is 2. The molecule has 2 rings (SSSR count). The molecule has 1 aliphatic heterocycles. The quantitative estimate of drug-likeness (QED) is 0.837. The van der Waals surface area contributed by atoms with Crippen LogP contribution in [0.3, 0.4) is 0 Å². The molecule has 1 N–H and O–H groups in total. The van der Waals surface area contributed by atoms with E-state index in [1.807, 2.05) is 12.4 Å². The molecule has 0 aromatic carbocycles. The molecule has 2 heterocycles. The molecule has 1 atom stereocenters. The zero-order chi connectivity index (χ0) is 12.6. The number of rotatable bonds is 6. The maximum Gasteiger partial charge on any atom is 0.0271 e. The largest absolute Gasteiger partial charge is 0.313 e. The maximum atomic E-state index is 4.08. The van der Waals surface area contributed by atoms with Crippen LogP contribution in [0.1, 0.15) is 38.2 Å². The van der Waals surface area contributed by atoms with E-state index in [2.05, 4.69) is 34.3 Å². The van der Waals surface area contributed by atoms with E-state index in [0.29, 0.717) is 6.04 Å². The number of hydrogen-bond donors (Lipinski definition) is 1. The van der Waals surface area contributed by atoms with Gasteiger partial charge in [0, 0.05) is 31.5 Å². The predicted octanol–water partition coefficient (Wildman–Crippen LogP) is 2.44. The van der Waals surface area contributed by atoms with Crippen molar-refractivity contribution >= 4 is 0 Å². The highest BCUT2D eigenvalue weighted by Gasteiger charge is 2.16. The highest BCUT2D eigenvalue weighted by Crippen LogP contribution is 2.11. The van der Waals surface area contributed by atoms with Crippen LogP contribution in [0.15, 0.2) is 24.5 Å². The van der Waals surface area contributed by atoms with Gasteiger partial charge in [-0.3, -0.25) is 9.88 Å². The van der Waals surface area contributed by atoms with Gasteiger partial charge < -0.3 is 5.32 Å². The lowest BCUT2D eigenvalue weighted by Crippen LogP contribution is -2.43. The Balaban J connectivity index is 1.86. The second-order valence-electron chi connectivity index (χ2n) is 5.24. The number of piperidine rings is 1. The van der Waals surface area contributed by atoms with Gasteiger partial charge in [0.2, 0.25) is 0 Å². The second kappa shape index (κ2) is 7.49. The molecule has 3 nitrogen and oxygen atoms in total. The van der Waals surface area contributed by atoms with Crippen molar-refractivity contribution in [1.29, 1.82) is 0 Å². The topological polar surface area (TPSA) is 28.2 Å². The standard InChI is InChI=1S/C15H25N3/c1-2-11-18(12-14-6-9-16-10-7-14)13-15-5-3-4-8-17-15/h6-7,9-10,15,17H,2-5,8,11-13H2,1H3. The van der Waals surface area contributed by atoms with Crippen LogP contribution in [0.25, 0.3) is 0 Å². The van der Waals surface area contributed by atoms with Crippen molar-refractivity contribution in [1.82, 2.24) is 15.2 Å². The van der Waals surface area contributed by atoms with Gasteiger partial charge in [-0.1, -0.05) is 13.3 Å². The Morgan fingerprint density at radius 1 is 1.33 bits per heavy atom. The van der Waals surface area contributed by atoms with Crippen LogP contribution < -0.4 is 5.32 Å². The number of nitrogens with one attached hydrogen (secondary N) is 1. The highest BCUT2D eigenvalue weighted by atomic mass is 15.1. The lowest BCUT2D eigenvalue weighted by molar-refractivity contribution is 0.217. The molecule has 1 aromatic rings. The van der Waals surface area contributed by atoms with Gasteiger partial charge in [0.05, 0.1) is 0 Å². The Bertz CT molecular complexity index is 320. The summed E-state index contributed by atoms with van der Waals surface area (Å²) in [5.74, 6) is 0. The first-order valence-electron chi connectivity index (χ1n) is 7.23. The lowest BCUT2D eigenvalue weighted by Gasteiger charge is -2.30. The van der Waals surface area contributed by atoms with Crippen LogP contribution in [-0.2, 0) is 6.54 Å². The monoisotopic (exact) mass is 247 g/mol. The first-order chi connectivity index (χ1) is 8.88. The van der Waals surface area contributed by atoms with Crippen molar-refractivity contribution in [2.75, 3.05) is 19.6 Å². The van der Waals surface area contributed by atoms with Gasteiger partial charge in [-0.15, -0.1) is 0 Å². The fourth-order valence-corrected chi connectivity index (χ4v) is 2.69. The molecule has 100 valence electrons. The SMILES string of the molecule is CCCN(Cc1ccncc1)CC1CCCCN1. The molecule has 0 aliphatic carbocycles. The highest BCUT2D eigenvalue weighted by molar-refractivity contribution is 5.09. The smallest absolute Gasteiger partial charge is 0.0271 e. The minimum atomic E-state index is 0.687. The van der Waals surface area contributed by atoms with Gasteiger partial charge in [0.1, 0.15) is 0 Å². The molecule has 0 bridgehead atoms. The van der Waals surface area contributed by atoms with Gasteiger partial charge in [-0.25, -0.2) is 0 Å². The fourth-order valence-electron chi connectivity index (χ4n) is 2.69. The molecule has 1 saturated heterocycles. The Hall–Kier alpha value is -0.930. The summed E-state index contributed by atoms with van der Waals surface area (Å²) >= 11 is 0. The summed E-state index contributed by atoms with van der Waals surface area (Å²) in [4.78, 5) is 6.65. The second-order valence-corrected chi connectivity index (χ2v) is 5.24. The summed E-state index contributed by atoms with van der Waals surface area (Å²) in [5.41, 5.74) is 1.37. The van der Waals surface area contributed by atoms with Crippen molar-refractivity contribution in [3.8, 4) is 0 Å². The average molecular weight is 247 g/mol. The Labute approximate surface area is 111 Å². The Morgan fingerprint density at radius 3 is 2.83 bits per heavy atom. The van der Waals surface area contributed by atoms with E-state index < -0.39 is 0 Å². The van der Waals surface area contributed by atoms with E-state index in [9.17, 15) is 0 Å². The van der Waals surface area contributed by atoms with E-state index >= 15 is 0 Å².